The molecule has 1 N–H and O–H groups in total. The van der Waals surface area contributed by atoms with E-state index in [0.717, 1.165) is 50.0 Å². The molecule has 52 heavy (non-hydrogen) atoms. The standard InChI is InChI=1S/C37H46F3N7O4S/c1-5-17-44(4)32(14-18-48)43-45(23-25-8-6-7-9-31(25)37(3,39)40)24(2)34(49)42-27-10-12-28(13-11-27)47-35(50)30-21-26(38)22-41-33(30)46(36(47)51)29-15-19-52-20-16-29/h6-9,18,21-22,27-29H,2,5,10-17,19-20,23H2,1,3-4H3,(H,42,49)/b43-32+. The third kappa shape index (κ3) is 8.79. The van der Waals surface area contributed by atoms with E-state index in [2.05, 4.69) is 22.0 Å². The molecule has 15 heteroatoms. The van der Waals surface area contributed by atoms with E-state index in [9.17, 15) is 32.3 Å². The van der Waals surface area contributed by atoms with Crippen molar-refractivity contribution in [3.63, 3.8) is 0 Å². The van der Waals surface area contributed by atoms with Crippen LogP contribution in [0.5, 0.6) is 0 Å². The van der Waals surface area contributed by atoms with Gasteiger partial charge in [0.15, 0.2) is 0 Å². The molecule has 0 bridgehead atoms. The monoisotopic (exact) mass is 741 g/mol. The van der Waals surface area contributed by atoms with Crippen LogP contribution in [0.1, 0.15) is 88.4 Å². The molecule has 1 saturated heterocycles. The summed E-state index contributed by atoms with van der Waals surface area (Å²) in [5, 5.41) is 8.89. The van der Waals surface area contributed by atoms with Crippen LogP contribution in [0.4, 0.5) is 13.2 Å². The van der Waals surface area contributed by atoms with Gasteiger partial charge in [0.05, 0.1) is 24.5 Å². The lowest BCUT2D eigenvalue weighted by Crippen LogP contribution is -2.47. The first-order chi connectivity index (χ1) is 24.8. The quantitative estimate of drug-likeness (QED) is 0.0775. The third-order valence-electron chi connectivity index (χ3n) is 9.76. The molecule has 0 atom stereocenters. The Hall–Kier alpha value is -4.40. The van der Waals surface area contributed by atoms with Crippen molar-refractivity contribution in [3.8, 4) is 0 Å². The van der Waals surface area contributed by atoms with E-state index in [1.54, 1.807) is 34.3 Å². The lowest BCUT2D eigenvalue weighted by atomic mass is 9.90. The lowest BCUT2D eigenvalue weighted by Gasteiger charge is -2.32. The van der Waals surface area contributed by atoms with Crippen molar-refractivity contribution >= 4 is 40.8 Å². The second kappa shape index (κ2) is 17.0. The van der Waals surface area contributed by atoms with Crippen molar-refractivity contribution in [2.75, 3.05) is 25.1 Å². The summed E-state index contributed by atoms with van der Waals surface area (Å²) >= 11 is 1.80. The van der Waals surface area contributed by atoms with E-state index < -0.39 is 34.9 Å². The topological polar surface area (TPSA) is 122 Å². The zero-order valence-electron chi connectivity index (χ0n) is 29.8. The number of pyridine rings is 1. The molecule has 1 aliphatic heterocycles. The Balaban J connectivity index is 1.37. The first-order valence-corrected chi connectivity index (χ1v) is 18.8. The molecule has 1 amide bonds. The average molecular weight is 742 g/mol. The number of hydrogen-bond donors (Lipinski definition) is 1. The molecule has 3 heterocycles. The number of nitrogens with one attached hydrogen (secondary N) is 1. The van der Waals surface area contributed by atoms with Gasteiger partial charge in [-0.15, -0.1) is 0 Å². The Morgan fingerprint density at radius 2 is 1.79 bits per heavy atom. The van der Waals surface area contributed by atoms with Gasteiger partial charge < -0.3 is 15.0 Å². The Morgan fingerprint density at radius 1 is 1.12 bits per heavy atom. The van der Waals surface area contributed by atoms with Gasteiger partial charge in [-0.05, 0) is 68.1 Å². The highest BCUT2D eigenvalue weighted by molar-refractivity contribution is 7.99. The molecule has 280 valence electrons. The first-order valence-electron chi connectivity index (χ1n) is 17.7. The maximum atomic E-state index is 14.6. The summed E-state index contributed by atoms with van der Waals surface area (Å²) in [7, 11) is 1.76. The SMILES string of the molecule is C=C(C(=O)NC1CCC(n2c(=O)c3cc(F)cnc3n(C3CCSCC3)c2=O)CC1)N(Cc1ccccc1C(C)(F)F)/N=C(\CC=O)N(C)CCC. The molecule has 2 aliphatic rings. The number of hydrazone groups is 1. The zero-order chi connectivity index (χ0) is 37.6. The predicted molar refractivity (Wildman–Crippen MR) is 197 cm³/mol. The largest absolute Gasteiger partial charge is 0.361 e. The van der Waals surface area contributed by atoms with Crippen LogP contribution in [0, 0.1) is 5.82 Å². The second-order valence-electron chi connectivity index (χ2n) is 13.5. The Kier molecular flexibility index (Phi) is 12.7. The van der Waals surface area contributed by atoms with E-state index in [-0.39, 0.29) is 52.9 Å². The zero-order valence-corrected chi connectivity index (χ0v) is 30.6. The Bertz CT molecular complexity index is 1930. The fraction of sp³-hybridized carbons (Fsp3) is 0.514. The minimum absolute atomic E-state index is 0.0598. The van der Waals surface area contributed by atoms with Crippen molar-refractivity contribution in [2.24, 2.45) is 5.10 Å². The smallest absolute Gasteiger partial charge is 0.333 e. The number of alkyl halides is 2. The number of halogens is 3. The van der Waals surface area contributed by atoms with Gasteiger partial charge >= 0.3 is 5.69 Å². The van der Waals surface area contributed by atoms with Crippen LogP contribution < -0.4 is 16.6 Å². The van der Waals surface area contributed by atoms with Crippen LogP contribution in [0.15, 0.2) is 63.5 Å². The second-order valence-corrected chi connectivity index (χ2v) is 14.8. The first kappa shape index (κ1) is 38.8. The number of fused-ring (bicyclic) bond motifs is 1. The molecule has 0 spiro atoms. The fourth-order valence-electron chi connectivity index (χ4n) is 7.05. The van der Waals surface area contributed by atoms with E-state index >= 15 is 0 Å². The fourth-order valence-corrected chi connectivity index (χ4v) is 8.14. The molecule has 1 aliphatic carbocycles. The molecular weight excluding hydrogens is 696 g/mol. The van der Waals surface area contributed by atoms with Gasteiger partial charge in [-0.1, -0.05) is 37.8 Å². The molecule has 2 fully saturated rings. The number of carbonyl (C=O) groups is 2. The third-order valence-corrected chi connectivity index (χ3v) is 10.8. The summed E-state index contributed by atoms with van der Waals surface area (Å²) in [5.74, 6) is -2.31. The highest BCUT2D eigenvalue weighted by Crippen LogP contribution is 2.32. The predicted octanol–water partition coefficient (Wildman–Crippen LogP) is 5.74. The van der Waals surface area contributed by atoms with E-state index in [1.807, 2.05) is 6.92 Å². The van der Waals surface area contributed by atoms with E-state index in [0.29, 0.717) is 44.3 Å². The number of hydrogen-bond acceptors (Lipinski definition) is 8. The van der Waals surface area contributed by atoms with Crippen molar-refractivity contribution in [1.82, 2.24) is 29.3 Å². The number of carbonyl (C=O) groups excluding carboxylic acids is 2. The average Bonchev–Trinajstić information content (AvgIpc) is 3.12. The van der Waals surface area contributed by atoms with Gasteiger partial charge in [-0.25, -0.2) is 22.9 Å². The van der Waals surface area contributed by atoms with Gasteiger partial charge in [0.2, 0.25) is 0 Å². The van der Waals surface area contributed by atoms with Gasteiger partial charge in [0.1, 0.15) is 29.3 Å². The van der Waals surface area contributed by atoms with Crippen LogP contribution in [-0.2, 0) is 22.1 Å². The van der Waals surface area contributed by atoms with Gasteiger partial charge in [0.25, 0.3) is 17.4 Å². The number of benzene rings is 1. The molecule has 0 radical (unpaired) electrons. The normalized spacial score (nSPS) is 18.6. The molecule has 11 nitrogen and oxygen atoms in total. The summed E-state index contributed by atoms with van der Waals surface area (Å²) in [5.41, 5.74) is -0.924. The number of thioether (sulfide) groups is 1. The molecular formula is C37H46F3N7O4S. The van der Waals surface area contributed by atoms with Crippen molar-refractivity contribution in [3.05, 3.63) is 86.6 Å². The van der Waals surface area contributed by atoms with Crippen molar-refractivity contribution < 1.29 is 22.8 Å². The maximum Gasteiger partial charge on any atom is 0.333 e. The van der Waals surface area contributed by atoms with Crippen molar-refractivity contribution in [1.29, 1.82) is 0 Å². The summed E-state index contributed by atoms with van der Waals surface area (Å²) in [6, 6.07) is 6.17. The van der Waals surface area contributed by atoms with Crippen LogP contribution in [0.3, 0.4) is 0 Å². The number of aromatic nitrogens is 3. The van der Waals surface area contributed by atoms with Crippen LogP contribution in [0.25, 0.3) is 11.0 Å². The number of aldehydes is 1. The van der Waals surface area contributed by atoms with Gasteiger partial charge in [-0.2, -0.15) is 16.9 Å². The van der Waals surface area contributed by atoms with Gasteiger partial charge in [0, 0.05) is 44.2 Å². The highest BCUT2D eigenvalue weighted by Gasteiger charge is 2.32. The molecule has 0 unspecified atom stereocenters. The minimum Gasteiger partial charge on any atom is -0.361 e. The van der Waals surface area contributed by atoms with Crippen molar-refractivity contribution in [2.45, 2.75) is 95.8 Å². The molecule has 1 aromatic carbocycles. The van der Waals surface area contributed by atoms with Crippen LogP contribution in [0.2, 0.25) is 0 Å². The summed E-state index contributed by atoms with van der Waals surface area (Å²) < 4.78 is 46.3. The lowest BCUT2D eigenvalue weighted by molar-refractivity contribution is -0.120. The number of amides is 1. The number of amidine groups is 1. The summed E-state index contributed by atoms with van der Waals surface area (Å²) in [4.78, 5) is 58.9. The van der Waals surface area contributed by atoms with Crippen LogP contribution >= 0.6 is 11.8 Å². The molecule has 2 aromatic heterocycles. The Morgan fingerprint density at radius 3 is 2.44 bits per heavy atom. The van der Waals surface area contributed by atoms with E-state index in [1.165, 1.54) is 27.8 Å². The summed E-state index contributed by atoms with van der Waals surface area (Å²) in [6.07, 6.45) is 5.54. The molecule has 5 rings (SSSR count). The number of rotatable bonds is 13. The number of nitrogens with zero attached hydrogens (tertiary/aromatic N) is 6. The van der Waals surface area contributed by atoms with Gasteiger partial charge in [-0.3, -0.25) is 23.7 Å². The highest BCUT2D eigenvalue weighted by atomic mass is 32.2. The van der Waals surface area contributed by atoms with Crippen LogP contribution in [-0.4, -0.2) is 73.2 Å². The minimum atomic E-state index is -3.16. The Labute approximate surface area is 305 Å². The molecule has 3 aromatic rings. The van der Waals surface area contributed by atoms with E-state index in [4.69, 9.17) is 0 Å². The summed E-state index contributed by atoms with van der Waals surface area (Å²) in [6.45, 7) is 7.12. The maximum absolute atomic E-state index is 14.6. The molecule has 1 saturated carbocycles.